The molecular weight excluding hydrogens is 358 g/mol. The second-order valence-corrected chi connectivity index (χ2v) is 7.09. The number of pyridine rings is 1. The summed E-state index contributed by atoms with van der Waals surface area (Å²) in [4.78, 5) is 29.5. The highest BCUT2D eigenvalue weighted by atomic mass is 16.5. The molecule has 3 aromatic rings. The molecule has 2 aliphatic rings. The highest BCUT2D eigenvalue weighted by Crippen LogP contribution is 2.27. The molecule has 0 radical (unpaired) electrons. The molecule has 28 heavy (non-hydrogen) atoms. The van der Waals surface area contributed by atoms with Crippen molar-refractivity contribution in [3.63, 3.8) is 0 Å². The monoisotopic (exact) mass is 379 g/mol. The zero-order valence-electron chi connectivity index (χ0n) is 15.4. The number of amides is 1. The number of rotatable bonds is 3. The summed E-state index contributed by atoms with van der Waals surface area (Å²) in [5, 5.41) is 4.70. The molecular formula is C19H21N7O2. The Morgan fingerprint density at radius 1 is 1.14 bits per heavy atom. The summed E-state index contributed by atoms with van der Waals surface area (Å²) in [6.45, 7) is 4.54. The van der Waals surface area contributed by atoms with Gasteiger partial charge in [-0.2, -0.15) is 5.10 Å². The number of hydrogen-bond acceptors (Lipinski definition) is 7. The van der Waals surface area contributed by atoms with Crippen LogP contribution >= 0.6 is 0 Å². The van der Waals surface area contributed by atoms with Crippen molar-refractivity contribution in [1.29, 1.82) is 0 Å². The van der Waals surface area contributed by atoms with Crippen molar-refractivity contribution in [3.05, 3.63) is 48.4 Å². The molecule has 2 aliphatic heterocycles. The molecule has 5 heterocycles. The van der Waals surface area contributed by atoms with E-state index in [-0.39, 0.29) is 11.8 Å². The van der Waals surface area contributed by atoms with Crippen LogP contribution in [0.2, 0.25) is 0 Å². The fourth-order valence-corrected chi connectivity index (χ4v) is 3.80. The lowest BCUT2D eigenvalue weighted by Crippen LogP contribution is -2.36. The summed E-state index contributed by atoms with van der Waals surface area (Å²) in [5.41, 5.74) is 2.32. The maximum Gasteiger partial charge on any atom is 0.274 e. The molecule has 2 fully saturated rings. The summed E-state index contributed by atoms with van der Waals surface area (Å²) in [6, 6.07) is 4.08. The number of likely N-dealkylation sites (tertiary alicyclic amines) is 1. The van der Waals surface area contributed by atoms with E-state index in [1.807, 2.05) is 16.8 Å². The van der Waals surface area contributed by atoms with Crippen LogP contribution in [0.4, 0.5) is 5.69 Å². The SMILES string of the molecule is O=C(c1cnccn1)N1CC[C@@H](c2nc3ccc(N4CCOCC4)cn3n2)C1. The van der Waals surface area contributed by atoms with Crippen molar-refractivity contribution in [3.8, 4) is 0 Å². The van der Waals surface area contributed by atoms with E-state index < -0.39 is 0 Å². The first-order valence-electron chi connectivity index (χ1n) is 9.52. The summed E-state index contributed by atoms with van der Waals surface area (Å²) >= 11 is 0. The van der Waals surface area contributed by atoms with Gasteiger partial charge in [-0.3, -0.25) is 9.78 Å². The van der Waals surface area contributed by atoms with Gasteiger partial charge in [-0.1, -0.05) is 0 Å². The van der Waals surface area contributed by atoms with Crippen LogP contribution in [-0.4, -0.2) is 74.8 Å². The maximum atomic E-state index is 12.6. The van der Waals surface area contributed by atoms with E-state index in [1.54, 1.807) is 11.1 Å². The second-order valence-electron chi connectivity index (χ2n) is 7.09. The second kappa shape index (κ2) is 7.16. The first-order valence-corrected chi connectivity index (χ1v) is 9.52. The van der Waals surface area contributed by atoms with Crippen LogP contribution in [0.1, 0.15) is 28.7 Å². The number of morpholine rings is 1. The van der Waals surface area contributed by atoms with Crippen molar-refractivity contribution >= 4 is 17.2 Å². The molecule has 0 aromatic carbocycles. The summed E-state index contributed by atoms with van der Waals surface area (Å²) in [7, 11) is 0. The minimum Gasteiger partial charge on any atom is -0.378 e. The fourth-order valence-electron chi connectivity index (χ4n) is 3.80. The average molecular weight is 379 g/mol. The van der Waals surface area contributed by atoms with E-state index >= 15 is 0 Å². The quantitative estimate of drug-likeness (QED) is 0.670. The molecule has 1 amide bonds. The number of carbonyl (C=O) groups excluding carboxylic acids is 1. The molecule has 0 saturated carbocycles. The van der Waals surface area contributed by atoms with Crippen LogP contribution < -0.4 is 4.90 Å². The zero-order valence-corrected chi connectivity index (χ0v) is 15.4. The molecule has 0 aliphatic carbocycles. The average Bonchev–Trinajstić information content (AvgIpc) is 3.41. The molecule has 1 atom stereocenters. The van der Waals surface area contributed by atoms with E-state index in [1.165, 1.54) is 12.4 Å². The van der Waals surface area contributed by atoms with Crippen LogP contribution in [0.15, 0.2) is 36.9 Å². The topological polar surface area (TPSA) is 88.8 Å². The van der Waals surface area contributed by atoms with Gasteiger partial charge in [0.1, 0.15) is 5.69 Å². The Morgan fingerprint density at radius 3 is 2.86 bits per heavy atom. The Labute approximate surface area is 162 Å². The summed E-state index contributed by atoms with van der Waals surface area (Å²) in [6.07, 6.45) is 7.48. The van der Waals surface area contributed by atoms with Crippen molar-refractivity contribution in [2.45, 2.75) is 12.3 Å². The third-order valence-electron chi connectivity index (χ3n) is 5.33. The van der Waals surface area contributed by atoms with Gasteiger partial charge < -0.3 is 14.5 Å². The predicted molar refractivity (Wildman–Crippen MR) is 101 cm³/mol. The van der Waals surface area contributed by atoms with Crippen LogP contribution in [0, 0.1) is 0 Å². The van der Waals surface area contributed by atoms with Gasteiger partial charge in [-0.15, -0.1) is 0 Å². The van der Waals surface area contributed by atoms with E-state index in [4.69, 9.17) is 14.8 Å². The van der Waals surface area contributed by atoms with E-state index in [0.29, 0.717) is 18.8 Å². The number of nitrogens with zero attached hydrogens (tertiary/aromatic N) is 7. The lowest BCUT2D eigenvalue weighted by molar-refractivity contribution is 0.0784. The molecule has 0 bridgehead atoms. The lowest BCUT2D eigenvalue weighted by Gasteiger charge is -2.28. The van der Waals surface area contributed by atoms with Crippen molar-refractivity contribution < 1.29 is 9.53 Å². The highest BCUT2D eigenvalue weighted by Gasteiger charge is 2.31. The fraction of sp³-hybridized carbons (Fsp3) is 0.421. The van der Waals surface area contributed by atoms with Crippen molar-refractivity contribution in [2.75, 3.05) is 44.3 Å². The standard InChI is InChI=1S/C19H21N7O2/c27-19(16-11-20-4-5-21-16)25-6-3-14(12-25)18-22-17-2-1-15(13-26(17)23-18)24-7-9-28-10-8-24/h1-2,4-5,11,13-14H,3,6-10,12H2/t14-/m1/s1. The Kier molecular flexibility index (Phi) is 4.36. The molecule has 9 heteroatoms. The van der Waals surface area contributed by atoms with Gasteiger partial charge in [0.2, 0.25) is 0 Å². The van der Waals surface area contributed by atoms with E-state index in [0.717, 1.165) is 49.9 Å². The van der Waals surface area contributed by atoms with Gasteiger partial charge in [0.05, 0.1) is 31.3 Å². The Hall–Kier alpha value is -3.07. The largest absolute Gasteiger partial charge is 0.378 e. The normalized spacial score (nSPS) is 20.1. The van der Waals surface area contributed by atoms with Crippen LogP contribution in [0.25, 0.3) is 5.65 Å². The minimum absolute atomic E-state index is 0.0889. The third-order valence-corrected chi connectivity index (χ3v) is 5.33. The van der Waals surface area contributed by atoms with Crippen molar-refractivity contribution in [1.82, 2.24) is 29.5 Å². The molecule has 0 N–H and O–H groups in total. The van der Waals surface area contributed by atoms with Crippen LogP contribution in [-0.2, 0) is 4.74 Å². The van der Waals surface area contributed by atoms with Gasteiger partial charge in [-0.25, -0.2) is 14.5 Å². The van der Waals surface area contributed by atoms with Gasteiger partial charge in [0.25, 0.3) is 5.91 Å². The smallest absolute Gasteiger partial charge is 0.274 e. The Morgan fingerprint density at radius 2 is 2.04 bits per heavy atom. The lowest BCUT2D eigenvalue weighted by atomic mass is 10.1. The van der Waals surface area contributed by atoms with E-state index in [2.05, 4.69) is 20.9 Å². The number of anilines is 1. The first-order chi connectivity index (χ1) is 13.8. The van der Waals surface area contributed by atoms with E-state index in [9.17, 15) is 4.79 Å². The minimum atomic E-state index is -0.0889. The highest BCUT2D eigenvalue weighted by molar-refractivity contribution is 5.92. The molecule has 5 rings (SSSR count). The van der Waals surface area contributed by atoms with Gasteiger partial charge in [0, 0.05) is 44.5 Å². The summed E-state index contributed by atoms with van der Waals surface area (Å²) < 4.78 is 7.27. The number of carbonyl (C=O) groups is 1. The number of hydrogen-bond donors (Lipinski definition) is 0. The van der Waals surface area contributed by atoms with Crippen molar-refractivity contribution in [2.24, 2.45) is 0 Å². The number of fused-ring (bicyclic) bond motifs is 1. The number of ether oxygens (including phenoxy) is 1. The molecule has 2 saturated heterocycles. The summed E-state index contributed by atoms with van der Waals surface area (Å²) in [5.74, 6) is 0.829. The predicted octanol–water partition coefficient (Wildman–Crippen LogP) is 0.986. The first kappa shape index (κ1) is 17.1. The molecule has 9 nitrogen and oxygen atoms in total. The van der Waals surface area contributed by atoms with Gasteiger partial charge in [-0.05, 0) is 18.6 Å². The van der Waals surface area contributed by atoms with Gasteiger partial charge in [0.15, 0.2) is 11.5 Å². The van der Waals surface area contributed by atoms with Gasteiger partial charge >= 0.3 is 0 Å². The zero-order chi connectivity index (χ0) is 18.9. The Balaban J connectivity index is 1.33. The molecule has 144 valence electrons. The molecule has 0 spiro atoms. The molecule has 0 unspecified atom stereocenters. The maximum absolute atomic E-state index is 12.6. The molecule has 3 aromatic heterocycles. The Bertz CT molecular complexity index is 984. The van der Waals surface area contributed by atoms with Crippen LogP contribution in [0.5, 0.6) is 0 Å². The number of aromatic nitrogens is 5. The van der Waals surface area contributed by atoms with Crippen LogP contribution in [0.3, 0.4) is 0 Å². The third kappa shape index (κ3) is 3.18.